The lowest BCUT2D eigenvalue weighted by atomic mass is 9.69. The van der Waals surface area contributed by atoms with Crippen LogP contribution in [0.3, 0.4) is 0 Å². The molecule has 1 heterocycles. The van der Waals surface area contributed by atoms with Gasteiger partial charge in [0, 0.05) is 19.5 Å². The number of carbonyl (C=O) groups excluding carboxylic acids is 2. The number of ether oxygens (including phenoxy) is 1. The van der Waals surface area contributed by atoms with E-state index >= 15 is 0 Å². The first-order valence-corrected chi connectivity index (χ1v) is 14.0. The van der Waals surface area contributed by atoms with E-state index in [0.29, 0.717) is 18.4 Å². The molecule has 8 heteroatoms. The molecule has 0 bridgehead atoms. The number of fused-ring (bicyclic) bond motifs is 1. The molecule has 2 aliphatic carbocycles. The summed E-state index contributed by atoms with van der Waals surface area (Å²) in [5, 5.41) is -0.529. The van der Waals surface area contributed by atoms with E-state index in [1.54, 1.807) is 20.8 Å². The molecule has 3 aliphatic rings. The molecule has 2 amide bonds. The van der Waals surface area contributed by atoms with Crippen molar-refractivity contribution in [2.45, 2.75) is 121 Å². The zero-order chi connectivity index (χ0) is 23.8. The topological polar surface area (TPSA) is 84.0 Å². The predicted molar refractivity (Wildman–Crippen MR) is 125 cm³/mol. The quantitative estimate of drug-likeness (QED) is 0.620. The molecule has 184 valence electrons. The molecule has 32 heavy (non-hydrogen) atoms. The van der Waals surface area contributed by atoms with Crippen molar-refractivity contribution in [1.82, 2.24) is 9.80 Å². The van der Waals surface area contributed by atoms with Crippen molar-refractivity contribution in [2.75, 3.05) is 6.54 Å². The van der Waals surface area contributed by atoms with Crippen molar-refractivity contribution in [3.63, 3.8) is 0 Å². The average Bonchev–Trinajstić information content (AvgIpc) is 2.72. The van der Waals surface area contributed by atoms with Gasteiger partial charge in [-0.05, 0) is 91.4 Å². The molecule has 7 nitrogen and oxygen atoms in total. The SMILES string of the molecule is CC(=O)N1C2CCC(C3CCC(S(=O)(=O)C(C)C)CC3)CC2N(C(=O)OC(C)C)C[C@@H]1C. The molecular weight excluding hydrogens is 428 g/mol. The Balaban J connectivity index is 1.73. The normalized spacial score (nSPS) is 33.9. The first-order chi connectivity index (χ1) is 14.9. The maximum Gasteiger partial charge on any atom is 0.410 e. The van der Waals surface area contributed by atoms with Gasteiger partial charge in [-0.3, -0.25) is 4.79 Å². The molecule has 3 unspecified atom stereocenters. The number of hydrogen-bond donors (Lipinski definition) is 0. The van der Waals surface area contributed by atoms with Gasteiger partial charge in [0.2, 0.25) is 5.91 Å². The molecule has 0 N–H and O–H groups in total. The molecule has 2 saturated carbocycles. The zero-order valence-corrected chi connectivity index (χ0v) is 21.4. The molecule has 0 aromatic heterocycles. The number of hydrogen-bond acceptors (Lipinski definition) is 5. The summed E-state index contributed by atoms with van der Waals surface area (Å²) in [7, 11) is -3.04. The predicted octanol–water partition coefficient (Wildman–Crippen LogP) is 4.00. The van der Waals surface area contributed by atoms with Crippen LogP contribution in [0.1, 0.15) is 86.5 Å². The number of sulfone groups is 1. The van der Waals surface area contributed by atoms with Crippen LogP contribution >= 0.6 is 0 Å². The molecule has 0 radical (unpaired) electrons. The van der Waals surface area contributed by atoms with Gasteiger partial charge in [0.25, 0.3) is 0 Å². The Morgan fingerprint density at radius 3 is 2.03 bits per heavy atom. The van der Waals surface area contributed by atoms with Crippen LogP contribution in [0.15, 0.2) is 0 Å². The van der Waals surface area contributed by atoms with Crippen LogP contribution in [0.4, 0.5) is 4.79 Å². The van der Waals surface area contributed by atoms with E-state index < -0.39 is 9.84 Å². The van der Waals surface area contributed by atoms with Crippen LogP contribution in [0.25, 0.3) is 0 Å². The Labute approximate surface area is 194 Å². The molecule has 3 fully saturated rings. The van der Waals surface area contributed by atoms with E-state index in [1.807, 2.05) is 30.6 Å². The Morgan fingerprint density at radius 1 is 0.906 bits per heavy atom. The second-order valence-electron chi connectivity index (χ2n) is 10.7. The number of piperazine rings is 1. The highest BCUT2D eigenvalue weighted by atomic mass is 32.2. The van der Waals surface area contributed by atoms with E-state index in [0.717, 1.165) is 44.9 Å². The van der Waals surface area contributed by atoms with Crippen LogP contribution in [0.2, 0.25) is 0 Å². The second kappa shape index (κ2) is 9.90. The highest BCUT2D eigenvalue weighted by molar-refractivity contribution is 7.92. The smallest absolute Gasteiger partial charge is 0.410 e. The third-order valence-electron chi connectivity index (χ3n) is 7.96. The van der Waals surface area contributed by atoms with Gasteiger partial charge < -0.3 is 14.5 Å². The van der Waals surface area contributed by atoms with Gasteiger partial charge in [0.05, 0.1) is 28.7 Å². The van der Waals surface area contributed by atoms with E-state index in [1.165, 1.54) is 0 Å². The summed E-state index contributed by atoms with van der Waals surface area (Å²) < 4.78 is 30.7. The largest absolute Gasteiger partial charge is 0.447 e. The van der Waals surface area contributed by atoms with Crippen molar-refractivity contribution in [2.24, 2.45) is 11.8 Å². The monoisotopic (exact) mass is 470 g/mol. The van der Waals surface area contributed by atoms with Crippen LogP contribution in [0, 0.1) is 11.8 Å². The second-order valence-corrected chi connectivity index (χ2v) is 13.5. The first-order valence-electron chi connectivity index (χ1n) is 12.4. The summed E-state index contributed by atoms with van der Waals surface area (Å²) in [6, 6.07) is -0.0243. The van der Waals surface area contributed by atoms with Gasteiger partial charge in [-0.15, -0.1) is 0 Å². The summed E-state index contributed by atoms with van der Waals surface area (Å²) in [5.74, 6) is 1.01. The van der Waals surface area contributed by atoms with Crippen molar-refractivity contribution < 1.29 is 22.7 Å². The van der Waals surface area contributed by atoms with Crippen LogP contribution in [0.5, 0.6) is 0 Å². The summed E-state index contributed by atoms with van der Waals surface area (Å²) in [4.78, 5) is 29.2. The minimum atomic E-state index is -3.04. The molecule has 0 aromatic rings. The molecule has 0 spiro atoms. The van der Waals surface area contributed by atoms with Gasteiger partial charge in [-0.1, -0.05) is 0 Å². The fraction of sp³-hybridized carbons (Fsp3) is 0.917. The van der Waals surface area contributed by atoms with E-state index in [9.17, 15) is 18.0 Å². The Hall–Kier alpha value is -1.31. The highest BCUT2D eigenvalue weighted by Gasteiger charge is 2.48. The fourth-order valence-corrected chi connectivity index (χ4v) is 8.08. The molecule has 3 rings (SSSR count). The molecular formula is C24H42N2O5S. The van der Waals surface area contributed by atoms with Crippen LogP contribution < -0.4 is 0 Å². The minimum Gasteiger partial charge on any atom is -0.447 e. The van der Waals surface area contributed by atoms with E-state index in [-0.39, 0.29) is 46.7 Å². The molecule has 4 atom stereocenters. The minimum absolute atomic E-state index is 0.0262. The average molecular weight is 471 g/mol. The van der Waals surface area contributed by atoms with Crippen LogP contribution in [-0.2, 0) is 19.4 Å². The summed E-state index contributed by atoms with van der Waals surface area (Å²) in [6.07, 6.45) is 5.66. The maximum absolute atomic E-state index is 12.9. The highest BCUT2D eigenvalue weighted by Crippen LogP contribution is 2.44. The van der Waals surface area contributed by atoms with Gasteiger partial charge >= 0.3 is 6.09 Å². The van der Waals surface area contributed by atoms with Gasteiger partial charge in [0.1, 0.15) is 0 Å². The number of carbonyl (C=O) groups is 2. The van der Waals surface area contributed by atoms with Crippen molar-refractivity contribution in [1.29, 1.82) is 0 Å². The summed E-state index contributed by atoms with van der Waals surface area (Å²) >= 11 is 0. The lowest BCUT2D eigenvalue weighted by molar-refractivity contribution is -0.142. The lowest BCUT2D eigenvalue weighted by Gasteiger charge is -2.54. The fourth-order valence-electron chi connectivity index (χ4n) is 6.38. The molecule has 1 saturated heterocycles. The van der Waals surface area contributed by atoms with Gasteiger partial charge in [0.15, 0.2) is 9.84 Å². The van der Waals surface area contributed by atoms with Gasteiger partial charge in [-0.2, -0.15) is 0 Å². The number of nitrogens with zero attached hydrogens (tertiary/aromatic N) is 2. The molecule has 1 aliphatic heterocycles. The Bertz CT molecular complexity index is 788. The maximum atomic E-state index is 12.9. The van der Waals surface area contributed by atoms with Crippen LogP contribution in [-0.4, -0.2) is 71.5 Å². The number of amides is 2. The van der Waals surface area contributed by atoms with E-state index in [4.69, 9.17) is 4.74 Å². The third-order valence-corrected chi connectivity index (χ3v) is 10.7. The number of rotatable bonds is 4. The summed E-state index contributed by atoms with van der Waals surface area (Å²) in [6.45, 7) is 11.4. The lowest BCUT2D eigenvalue weighted by Crippen LogP contribution is -2.67. The standard InChI is InChI=1S/C24H42N2O5S/c1-15(2)31-24(28)25-14-17(5)26(18(6)27)22-12-9-20(13-23(22)25)19-7-10-21(11-8-19)32(29,30)16(3)4/h15-17,19-23H,7-14H2,1-6H3/t17-,19?,20?,21?,22?,23?/m0/s1. The van der Waals surface area contributed by atoms with Gasteiger partial charge in [-0.25, -0.2) is 13.2 Å². The van der Waals surface area contributed by atoms with Crippen molar-refractivity contribution >= 4 is 21.8 Å². The first kappa shape index (κ1) is 25.3. The molecule has 0 aromatic carbocycles. The van der Waals surface area contributed by atoms with Crippen molar-refractivity contribution in [3.05, 3.63) is 0 Å². The van der Waals surface area contributed by atoms with E-state index in [2.05, 4.69) is 0 Å². The third kappa shape index (κ3) is 5.10. The zero-order valence-electron chi connectivity index (χ0n) is 20.6. The van der Waals surface area contributed by atoms with Crippen molar-refractivity contribution in [3.8, 4) is 0 Å². The Kier molecular flexibility index (Phi) is 7.83. The summed E-state index contributed by atoms with van der Waals surface area (Å²) in [5.41, 5.74) is 0. The Morgan fingerprint density at radius 2 is 1.50 bits per heavy atom.